The van der Waals surface area contributed by atoms with Crippen molar-refractivity contribution >= 4 is 28.9 Å². The summed E-state index contributed by atoms with van der Waals surface area (Å²) in [6.45, 7) is 0.123. The minimum Gasteiger partial charge on any atom is -0.468 e. The van der Waals surface area contributed by atoms with E-state index in [4.69, 9.17) is 18.0 Å². The number of hydrogen-bond donors (Lipinski definition) is 1. The van der Waals surface area contributed by atoms with Gasteiger partial charge in [-0.3, -0.25) is 9.78 Å². The van der Waals surface area contributed by atoms with Gasteiger partial charge in [-0.25, -0.2) is 0 Å². The number of methoxy groups -OCH3 is 1. The molecule has 16 heavy (non-hydrogen) atoms. The Hall–Kier alpha value is -1.69. The van der Waals surface area contributed by atoms with Crippen molar-refractivity contribution in [3.8, 4) is 0 Å². The largest absolute Gasteiger partial charge is 0.468 e. The van der Waals surface area contributed by atoms with Crippen molar-refractivity contribution in [2.24, 2.45) is 5.73 Å². The summed E-state index contributed by atoms with van der Waals surface area (Å²) < 4.78 is 4.58. The van der Waals surface area contributed by atoms with Gasteiger partial charge in [0.2, 0.25) is 0 Å². The van der Waals surface area contributed by atoms with Gasteiger partial charge in [-0.1, -0.05) is 12.2 Å². The second-order valence-electron chi connectivity index (χ2n) is 3.17. The molecule has 0 amide bonds. The van der Waals surface area contributed by atoms with E-state index in [-0.39, 0.29) is 17.5 Å². The Kier molecular flexibility index (Phi) is 4.19. The maximum atomic E-state index is 11.1. The van der Waals surface area contributed by atoms with Crippen LogP contribution in [0, 0.1) is 0 Å². The van der Waals surface area contributed by atoms with Crippen molar-refractivity contribution in [1.82, 2.24) is 4.98 Å². The summed E-state index contributed by atoms with van der Waals surface area (Å²) in [5.41, 5.74) is 6.75. The van der Waals surface area contributed by atoms with Crippen molar-refractivity contribution in [3.05, 3.63) is 24.0 Å². The highest BCUT2D eigenvalue weighted by Gasteiger charge is 2.13. The molecule has 1 rings (SSSR count). The van der Waals surface area contributed by atoms with Crippen LogP contribution >= 0.6 is 12.2 Å². The minimum absolute atomic E-state index is 0.123. The van der Waals surface area contributed by atoms with Crippen molar-refractivity contribution in [2.45, 2.75) is 0 Å². The molecule has 1 aromatic heterocycles. The highest BCUT2D eigenvalue weighted by Crippen LogP contribution is 2.16. The topological polar surface area (TPSA) is 68.5 Å². The van der Waals surface area contributed by atoms with E-state index in [0.717, 1.165) is 0 Å². The van der Waals surface area contributed by atoms with Gasteiger partial charge in [0.25, 0.3) is 0 Å². The first-order chi connectivity index (χ1) is 7.56. The fourth-order valence-electron chi connectivity index (χ4n) is 1.24. The first-order valence-corrected chi connectivity index (χ1v) is 5.00. The summed E-state index contributed by atoms with van der Waals surface area (Å²) in [5, 5.41) is 0. The third kappa shape index (κ3) is 2.90. The van der Waals surface area contributed by atoms with E-state index in [0.29, 0.717) is 11.4 Å². The van der Waals surface area contributed by atoms with Gasteiger partial charge in [0.1, 0.15) is 17.2 Å². The molecular weight excluding hydrogens is 226 g/mol. The summed E-state index contributed by atoms with van der Waals surface area (Å²) in [4.78, 5) is 17.1. The average molecular weight is 239 g/mol. The molecule has 0 aliphatic heterocycles. The second kappa shape index (κ2) is 5.41. The zero-order valence-electron chi connectivity index (χ0n) is 9.14. The molecule has 5 nitrogen and oxygen atoms in total. The molecule has 86 valence electrons. The molecule has 0 fully saturated rings. The Bertz CT molecular complexity index is 409. The molecular formula is C10H13N3O2S. The summed E-state index contributed by atoms with van der Waals surface area (Å²) in [5.74, 6) is -0.333. The van der Waals surface area contributed by atoms with Crippen LogP contribution in [0.15, 0.2) is 18.3 Å². The standard InChI is InChI=1S/C10H13N3O2S/c1-13(6-8(14)15-2)7-4-3-5-12-9(7)10(11)16/h3-5H,6H2,1-2H3,(H2,11,16). The lowest BCUT2D eigenvalue weighted by atomic mass is 10.2. The third-order valence-electron chi connectivity index (χ3n) is 2.02. The molecule has 0 aliphatic carbocycles. The third-order valence-corrected chi connectivity index (χ3v) is 2.22. The molecule has 0 saturated carbocycles. The lowest BCUT2D eigenvalue weighted by molar-refractivity contribution is -0.138. The number of pyridine rings is 1. The van der Waals surface area contributed by atoms with Crippen LogP contribution in [0.3, 0.4) is 0 Å². The van der Waals surface area contributed by atoms with Crippen LogP contribution in [-0.4, -0.2) is 36.6 Å². The second-order valence-corrected chi connectivity index (χ2v) is 3.61. The number of carbonyl (C=O) groups excluding carboxylic acids is 1. The van der Waals surface area contributed by atoms with Gasteiger partial charge in [0.05, 0.1) is 12.8 Å². The van der Waals surface area contributed by atoms with Gasteiger partial charge >= 0.3 is 5.97 Å². The molecule has 1 heterocycles. The molecule has 0 bridgehead atoms. The average Bonchev–Trinajstić information content (AvgIpc) is 2.28. The predicted octanol–water partition coefficient (Wildman–Crippen LogP) is 0.325. The van der Waals surface area contributed by atoms with Gasteiger partial charge in [-0.15, -0.1) is 0 Å². The number of nitrogens with two attached hydrogens (primary N) is 1. The first-order valence-electron chi connectivity index (χ1n) is 4.59. The molecule has 0 aromatic carbocycles. The van der Waals surface area contributed by atoms with Crippen LogP contribution in [0.1, 0.15) is 5.69 Å². The number of carbonyl (C=O) groups is 1. The van der Waals surface area contributed by atoms with Crippen LogP contribution in [-0.2, 0) is 9.53 Å². The number of ether oxygens (including phenoxy) is 1. The fourth-order valence-corrected chi connectivity index (χ4v) is 1.40. The Balaban J connectivity index is 2.94. The lowest BCUT2D eigenvalue weighted by Crippen LogP contribution is -2.29. The molecule has 0 saturated heterocycles. The number of nitrogens with zero attached hydrogens (tertiary/aromatic N) is 2. The quantitative estimate of drug-likeness (QED) is 0.603. The van der Waals surface area contributed by atoms with Crippen molar-refractivity contribution < 1.29 is 9.53 Å². The van der Waals surface area contributed by atoms with Gasteiger partial charge in [0, 0.05) is 13.2 Å². The van der Waals surface area contributed by atoms with Gasteiger partial charge in [-0.2, -0.15) is 0 Å². The molecule has 0 spiro atoms. The van der Waals surface area contributed by atoms with Crippen molar-refractivity contribution in [3.63, 3.8) is 0 Å². The Morgan fingerprint density at radius 2 is 2.38 bits per heavy atom. The Labute approximate surface area is 99.2 Å². The summed E-state index contributed by atoms with van der Waals surface area (Å²) in [6.07, 6.45) is 1.60. The maximum Gasteiger partial charge on any atom is 0.325 e. The van der Waals surface area contributed by atoms with Crippen LogP contribution in [0.4, 0.5) is 5.69 Å². The maximum absolute atomic E-state index is 11.1. The SMILES string of the molecule is COC(=O)CN(C)c1cccnc1C(N)=S. The van der Waals surface area contributed by atoms with Gasteiger partial charge in [-0.05, 0) is 12.1 Å². The monoisotopic (exact) mass is 239 g/mol. The smallest absolute Gasteiger partial charge is 0.325 e. The summed E-state index contributed by atoms with van der Waals surface area (Å²) >= 11 is 4.88. The molecule has 6 heteroatoms. The highest BCUT2D eigenvalue weighted by atomic mass is 32.1. The Morgan fingerprint density at radius 3 is 2.94 bits per heavy atom. The Morgan fingerprint density at radius 1 is 1.69 bits per heavy atom. The fraction of sp³-hybridized carbons (Fsp3) is 0.300. The molecule has 1 aromatic rings. The number of anilines is 1. The number of esters is 1. The zero-order valence-corrected chi connectivity index (χ0v) is 9.95. The van der Waals surface area contributed by atoms with Gasteiger partial charge < -0.3 is 15.4 Å². The zero-order chi connectivity index (χ0) is 12.1. The van der Waals surface area contributed by atoms with E-state index >= 15 is 0 Å². The van der Waals surface area contributed by atoms with E-state index in [2.05, 4.69) is 9.72 Å². The minimum atomic E-state index is -0.333. The van der Waals surface area contributed by atoms with Crippen LogP contribution in [0.5, 0.6) is 0 Å². The van der Waals surface area contributed by atoms with Crippen LogP contribution in [0.25, 0.3) is 0 Å². The van der Waals surface area contributed by atoms with Gasteiger partial charge in [0.15, 0.2) is 0 Å². The molecule has 0 radical (unpaired) electrons. The summed E-state index contributed by atoms with van der Waals surface area (Å²) in [7, 11) is 3.09. The van der Waals surface area contributed by atoms with E-state index < -0.39 is 0 Å². The molecule has 0 aliphatic rings. The van der Waals surface area contributed by atoms with E-state index in [9.17, 15) is 4.79 Å². The van der Waals surface area contributed by atoms with E-state index in [1.54, 1.807) is 30.3 Å². The molecule has 2 N–H and O–H groups in total. The number of thiocarbonyl (C=S) groups is 1. The molecule has 0 unspecified atom stereocenters. The predicted molar refractivity (Wildman–Crippen MR) is 65.4 cm³/mol. The van der Waals surface area contributed by atoms with Crippen molar-refractivity contribution in [2.75, 3.05) is 25.6 Å². The lowest BCUT2D eigenvalue weighted by Gasteiger charge is -2.19. The highest BCUT2D eigenvalue weighted by molar-refractivity contribution is 7.80. The van der Waals surface area contributed by atoms with Crippen LogP contribution in [0.2, 0.25) is 0 Å². The first kappa shape index (κ1) is 12.4. The summed E-state index contributed by atoms with van der Waals surface area (Å²) in [6, 6.07) is 3.55. The molecule has 0 atom stereocenters. The number of likely N-dealkylation sites (N-methyl/N-ethyl adjacent to an activating group) is 1. The van der Waals surface area contributed by atoms with Crippen LogP contribution < -0.4 is 10.6 Å². The normalized spacial score (nSPS) is 9.62. The van der Waals surface area contributed by atoms with E-state index in [1.807, 2.05) is 0 Å². The van der Waals surface area contributed by atoms with E-state index in [1.165, 1.54) is 7.11 Å². The number of aromatic nitrogens is 1. The van der Waals surface area contributed by atoms with Crippen molar-refractivity contribution in [1.29, 1.82) is 0 Å². The number of hydrogen-bond acceptors (Lipinski definition) is 5. The number of rotatable bonds is 4.